The first-order chi connectivity index (χ1) is 11.2. The van der Waals surface area contributed by atoms with Crippen molar-refractivity contribution in [3.05, 3.63) is 71.3 Å². The van der Waals surface area contributed by atoms with Crippen molar-refractivity contribution >= 4 is 5.97 Å². The van der Waals surface area contributed by atoms with Gasteiger partial charge in [-0.2, -0.15) is 0 Å². The Labute approximate surface area is 137 Å². The Morgan fingerprint density at radius 1 is 1.04 bits per heavy atom. The van der Waals surface area contributed by atoms with E-state index in [0.717, 1.165) is 24.4 Å². The minimum Gasteiger partial charge on any atom is -0.478 e. The molecule has 23 heavy (non-hydrogen) atoms. The summed E-state index contributed by atoms with van der Waals surface area (Å²) in [5.74, 6) is -0.115. The van der Waals surface area contributed by atoms with Gasteiger partial charge in [-0.25, -0.2) is 4.79 Å². The van der Waals surface area contributed by atoms with Crippen molar-refractivity contribution in [2.45, 2.75) is 38.3 Å². The quantitative estimate of drug-likeness (QED) is 0.851. The standard InChI is InChI=1S/C20H23NO2/c22-20(23)18-8-4-7-17(12-18)14-21-19-10-9-16(13-19)11-15-5-2-1-3-6-15/h1-8,12,16,19,21H,9-11,13-14H2,(H,22,23). The molecule has 2 N–H and O–H groups in total. The van der Waals surface area contributed by atoms with E-state index in [4.69, 9.17) is 5.11 Å². The highest BCUT2D eigenvalue weighted by Gasteiger charge is 2.24. The average molecular weight is 309 g/mol. The molecule has 0 heterocycles. The van der Waals surface area contributed by atoms with E-state index in [1.165, 1.54) is 24.8 Å². The third kappa shape index (κ3) is 4.42. The second-order valence-corrected chi connectivity index (χ2v) is 6.45. The van der Waals surface area contributed by atoms with Crippen LogP contribution in [0.15, 0.2) is 54.6 Å². The smallest absolute Gasteiger partial charge is 0.335 e. The molecule has 3 rings (SSSR count). The predicted molar refractivity (Wildman–Crippen MR) is 91.5 cm³/mol. The van der Waals surface area contributed by atoms with Gasteiger partial charge in [-0.15, -0.1) is 0 Å². The molecule has 1 aliphatic rings. The normalized spacial score (nSPS) is 20.5. The molecule has 0 aromatic heterocycles. The van der Waals surface area contributed by atoms with Crippen molar-refractivity contribution in [1.29, 1.82) is 0 Å². The molecule has 0 saturated heterocycles. The van der Waals surface area contributed by atoms with Crippen LogP contribution in [0.25, 0.3) is 0 Å². The maximum atomic E-state index is 11.0. The highest BCUT2D eigenvalue weighted by Crippen LogP contribution is 2.28. The lowest BCUT2D eigenvalue weighted by Crippen LogP contribution is -2.26. The Balaban J connectivity index is 1.48. The van der Waals surface area contributed by atoms with Gasteiger partial charge in [0.25, 0.3) is 0 Å². The molecular formula is C20H23NO2. The van der Waals surface area contributed by atoms with Crippen LogP contribution < -0.4 is 5.32 Å². The van der Waals surface area contributed by atoms with Crippen LogP contribution in [0.3, 0.4) is 0 Å². The lowest BCUT2D eigenvalue weighted by Gasteiger charge is -2.14. The number of nitrogens with one attached hydrogen (secondary N) is 1. The molecule has 3 heteroatoms. The van der Waals surface area contributed by atoms with E-state index in [1.807, 2.05) is 12.1 Å². The van der Waals surface area contributed by atoms with Gasteiger partial charge >= 0.3 is 5.97 Å². The first-order valence-corrected chi connectivity index (χ1v) is 8.30. The monoisotopic (exact) mass is 309 g/mol. The van der Waals surface area contributed by atoms with Crippen molar-refractivity contribution in [3.8, 4) is 0 Å². The molecule has 1 fully saturated rings. The van der Waals surface area contributed by atoms with Gasteiger partial charge in [0, 0.05) is 12.6 Å². The van der Waals surface area contributed by atoms with Crippen LogP contribution in [0.1, 0.15) is 40.7 Å². The summed E-state index contributed by atoms with van der Waals surface area (Å²) in [6.45, 7) is 0.740. The zero-order valence-corrected chi connectivity index (χ0v) is 13.2. The molecule has 2 aromatic rings. The summed E-state index contributed by atoms with van der Waals surface area (Å²) in [5, 5.41) is 12.6. The van der Waals surface area contributed by atoms with Crippen LogP contribution in [0, 0.1) is 5.92 Å². The SMILES string of the molecule is O=C(O)c1cccc(CNC2CCC(Cc3ccccc3)C2)c1. The summed E-state index contributed by atoms with van der Waals surface area (Å²) < 4.78 is 0. The Morgan fingerprint density at radius 3 is 2.61 bits per heavy atom. The second-order valence-electron chi connectivity index (χ2n) is 6.45. The van der Waals surface area contributed by atoms with E-state index in [-0.39, 0.29) is 0 Å². The third-order valence-corrected chi connectivity index (χ3v) is 4.68. The fourth-order valence-corrected chi connectivity index (χ4v) is 3.47. The number of hydrogen-bond acceptors (Lipinski definition) is 2. The van der Waals surface area contributed by atoms with E-state index >= 15 is 0 Å². The molecule has 120 valence electrons. The van der Waals surface area contributed by atoms with Gasteiger partial charge in [0.05, 0.1) is 5.56 Å². The molecule has 2 unspecified atom stereocenters. The Kier molecular flexibility index (Phi) is 5.09. The zero-order chi connectivity index (χ0) is 16.1. The topological polar surface area (TPSA) is 49.3 Å². The molecule has 2 aromatic carbocycles. The summed E-state index contributed by atoms with van der Waals surface area (Å²) in [5.41, 5.74) is 2.82. The lowest BCUT2D eigenvalue weighted by atomic mass is 9.98. The molecule has 3 nitrogen and oxygen atoms in total. The van der Waals surface area contributed by atoms with E-state index in [2.05, 4.69) is 35.6 Å². The number of aromatic carboxylic acids is 1. The van der Waals surface area contributed by atoms with Gasteiger partial charge in [-0.3, -0.25) is 0 Å². The van der Waals surface area contributed by atoms with E-state index in [1.54, 1.807) is 12.1 Å². The molecule has 0 bridgehead atoms. The summed E-state index contributed by atoms with van der Waals surface area (Å²) in [7, 11) is 0. The molecule has 2 atom stereocenters. The number of rotatable bonds is 6. The van der Waals surface area contributed by atoms with Crippen molar-refractivity contribution in [2.24, 2.45) is 5.92 Å². The minimum atomic E-state index is -0.865. The van der Waals surface area contributed by atoms with E-state index in [0.29, 0.717) is 11.6 Å². The van der Waals surface area contributed by atoms with Gasteiger partial charge in [-0.05, 0) is 54.9 Å². The number of hydrogen-bond donors (Lipinski definition) is 2. The fraction of sp³-hybridized carbons (Fsp3) is 0.350. The van der Waals surface area contributed by atoms with Crippen molar-refractivity contribution in [2.75, 3.05) is 0 Å². The number of carboxylic acid groups (broad SMARTS) is 1. The van der Waals surface area contributed by atoms with Crippen LogP contribution in [-0.2, 0) is 13.0 Å². The number of carbonyl (C=O) groups is 1. The van der Waals surface area contributed by atoms with Crippen LogP contribution in [-0.4, -0.2) is 17.1 Å². The third-order valence-electron chi connectivity index (χ3n) is 4.68. The maximum Gasteiger partial charge on any atom is 0.335 e. The van der Waals surface area contributed by atoms with E-state index in [9.17, 15) is 4.79 Å². The zero-order valence-electron chi connectivity index (χ0n) is 13.2. The van der Waals surface area contributed by atoms with Crippen molar-refractivity contribution < 1.29 is 9.90 Å². The summed E-state index contributed by atoms with van der Waals surface area (Å²) in [6.07, 6.45) is 4.83. The van der Waals surface area contributed by atoms with Gasteiger partial charge in [0.15, 0.2) is 0 Å². The molecule has 1 aliphatic carbocycles. The average Bonchev–Trinajstić information content (AvgIpc) is 3.01. The van der Waals surface area contributed by atoms with Crippen LogP contribution >= 0.6 is 0 Å². The molecule has 0 spiro atoms. The van der Waals surface area contributed by atoms with Gasteiger partial charge in [0.2, 0.25) is 0 Å². The molecule has 0 amide bonds. The minimum absolute atomic E-state index is 0.359. The van der Waals surface area contributed by atoms with Crippen LogP contribution in [0.4, 0.5) is 0 Å². The van der Waals surface area contributed by atoms with Crippen molar-refractivity contribution in [3.63, 3.8) is 0 Å². The first kappa shape index (κ1) is 15.8. The van der Waals surface area contributed by atoms with Gasteiger partial charge in [-0.1, -0.05) is 42.5 Å². The first-order valence-electron chi connectivity index (χ1n) is 8.30. The Bertz CT molecular complexity index is 654. The fourth-order valence-electron chi connectivity index (χ4n) is 3.47. The molecule has 0 aliphatic heterocycles. The maximum absolute atomic E-state index is 11.0. The summed E-state index contributed by atoms with van der Waals surface area (Å²) >= 11 is 0. The Hall–Kier alpha value is -2.13. The number of benzene rings is 2. The van der Waals surface area contributed by atoms with E-state index < -0.39 is 5.97 Å². The lowest BCUT2D eigenvalue weighted by molar-refractivity contribution is 0.0696. The Morgan fingerprint density at radius 2 is 1.83 bits per heavy atom. The number of carboxylic acids is 1. The highest BCUT2D eigenvalue weighted by atomic mass is 16.4. The van der Waals surface area contributed by atoms with Crippen molar-refractivity contribution in [1.82, 2.24) is 5.32 Å². The molecular weight excluding hydrogens is 286 g/mol. The second kappa shape index (κ2) is 7.42. The summed E-state index contributed by atoms with van der Waals surface area (Å²) in [6, 6.07) is 18.4. The predicted octanol–water partition coefficient (Wildman–Crippen LogP) is 3.89. The van der Waals surface area contributed by atoms with Gasteiger partial charge in [0.1, 0.15) is 0 Å². The largest absolute Gasteiger partial charge is 0.478 e. The molecule has 0 radical (unpaired) electrons. The summed E-state index contributed by atoms with van der Waals surface area (Å²) in [4.78, 5) is 11.0. The van der Waals surface area contributed by atoms with Crippen LogP contribution in [0.2, 0.25) is 0 Å². The highest BCUT2D eigenvalue weighted by molar-refractivity contribution is 5.87. The van der Waals surface area contributed by atoms with Crippen LogP contribution in [0.5, 0.6) is 0 Å². The molecule has 1 saturated carbocycles. The van der Waals surface area contributed by atoms with Gasteiger partial charge < -0.3 is 10.4 Å².